The number of benzene rings is 2. The predicted molar refractivity (Wildman–Crippen MR) is 87.4 cm³/mol. The largest absolute Gasteiger partial charge is 0.337 e. The maximum atomic E-state index is 13.2. The van der Waals surface area contributed by atoms with Crippen molar-refractivity contribution in [3.8, 4) is 11.1 Å². The fraction of sp³-hybridized carbons (Fsp3) is 0.235. The van der Waals surface area contributed by atoms with Crippen LogP contribution in [-0.2, 0) is 13.6 Å². The average molecular weight is 336 g/mol. The molecule has 0 amide bonds. The fourth-order valence-electron chi connectivity index (χ4n) is 2.28. The van der Waals surface area contributed by atoms with E-state index in [1.165, 1.54) is 26.4 Å². The van der Waals surface area contributed by atoms with Crippen LogP contribution in [-0.4, -0.2) is 26.2 Å². The topological polar surface area (TPSA) is 52.6 Å². The summed E-state index contributed by atoms with van der Waals surface area (Å²) < 4.78 is 34.9. The van der Waals surface area contributed by atoms with Gasteiger partial charge in [0.15, 0.2) is 5.78 Å². The lowest BCUT2D eigenvalue weighted by atomic mass is 9.98. The van der Waals surface area contributed by atoms with Gasteiger partial charge in [0, 0.05) is 19.8 Å². The Morgan fingerprint density at radius 3 is 2.43 bits per heavy atom. The summed E-state index contributed by atoms with van der Waals surface area (Å²) in [4.78, 5) is 12.3. The van der Waals surface area contributed by atoms with Crippen LogP contribution in [0.25, 0.3) is 11.1 Å². The highest BCUT2D eigenvalue weighted by Gasteiger charge is 2.26. The third-order valence-corrected chi connectivity index (χ3v) is 5.36. The highest BCUT2D eigenvalue weighted by molar-refractivity contribution is 7.54. The van der Waals surface area contributed by atoms with Gasteiger partial charge in [-0.05, 0) is 41.8 Å². The van der Waals surface area contributed by atoms with E-state index in [1.807, 2.05) is 6.07 Å². The van der Waals surface area contributed by atoms with Crippen LogP contribution in [0.4, 0.5) is 4.39 Å². The molecule has 2 aromatic rings. The van der Waals surface area contributed by atoms with E-state index in [1.54, 1.807) is 31.2 Å². The fourth-order valence-corrected chi connectivity index (χ4v) is 3.22. The van der Waals surface area contributed by atoms with Crippen LogP contribution in [0.2, 0.25) is 0 Å². The van der Waals surface area contributed by atoms with Crippen LogP contribution < -0.4 is 0 Å². The first-order chi connectivity index (χ1) is 10.9. The van der Waals surface area contributed by atoms with Crippen molar-refractivity contribution >= 4 is 13.4 Å². The second-order valence-corrected chi connectivity index (χ2v) is 7.37. The average Bonchev–Trinajstić information content (AvgIpc) is 2.54. The highest BCUT2D eigenvalue weighted by Crippen LogP contribution is 2.46. The summed E-state index contributed by atoms with van der Waals surface area (Å²) in [6.45, 7) is 1.80. The third-order valence-electron chi connectivity index (χ3n) is 3.58. The maximum Gasteiger partial charge on any atom is 0.337 e. The van der Waals surface area contributed by atoms with Crippen molar-refractivity contribution in [2.45, 2.75) is 6.92 Å². The normalized spacial score (nSPS) is 11.5. The lowest BCUT2D eigenvalue weighted by Crippen LogP contribution is -2.08. The van der Waals surface area contributed by atoms with Gasteiger partial charge in [0.25, 0.3) is 0 Å². The Morgan fingerprint density at radius 2 is 1.83 bits per heavy atom. The van der Waals surface area contributed by atoms with Crippen molar-refractivity contribution in [3.05, 3.63) is 59.4 Å². The van der Waals surface area contributed by atoms with Gasteiger partial charge < -0.3 is 9.05 Å². The minimum absolute atomic E-state index is 0.306. The first-order valence-corrected chi connectivity index (χ1v) is 8.71. The second kappa shape index (κ2) is 7.18. The van der Waals surface area contributed by atoms with E-state index in [9.17, 15) is 13.8 Å². The van der Waals surface area contributed by atoms with Gasteiger partial charge in [-0.1, -0.05) is 24.3 Å². The van der Waals surface area contributed by atoms with E-state index in [0.29, 0.717) is 5.56 Å². The number of ketones is 1. The van der Waals surface area contributed by atoms with Crippen molar-refractivity contribution in [1.82, 2.24) is 0 Å². The lowest BCUT2D eigenvalue weighted by Gasteiger charge is -2.13. The summed E-state index contributed by atoms with van der Waals surface area (Å²) in [7, 11) is -0.913. The molecule has 6 heteroatoms. The molecule has 0 atom stereocenters. The number of aryl methyl sites for hydroxylation is 1. The van der Waals surface area contributed by atoms with Crippen molar-refractivity contribution < 1.29 is 22.8 Å². The van der Waals surface area contributed by atoms with E-state index in [4.69, 9.17) is 9.05 Å². The quantitative estimate of drug-likeness (QED) is 0.577. The Kier molecular flexibility index (Phi) is 5.47. The maximum absolute atomic E-state index is 13.2. The molecule has 2 aromatic carbocycles. The third kappa shape index (κ3) is 4.14. The van der Waals surface area contributed by atoms with Crippen LogP contribution in [0.1, 0.15) is 15.9 Å². The van der Waals surface area contributed by atoms with Crippen LogP contribution in [0.3, 0.4) is 0 Å². The summed E-state index contributed by atoms with van der Waals surface area (Å²) in [6.07, 6.45) is -0.328. The van der Waals surface area contributed by atoms with Crippen LogP contribution >= 0.6 is 7.60 Å². The van der Waals surface area contributed by atoms with Gasteiger partial charge in [-0.15, -0.1) is 0 Å². The van der Waals surface area contributed by atoms with Crippen LogP contribution in [0.5, 0.6) is 0 Å². The van der Waals surface area contributed by atoms with Crippen LogP contribution in [0.15, 0.2) is 42.5 Å². The number of carbonyl (C=O) groups is 1. The predicted octanol–water partition coefficient (Wildman–Crippen LogP) is 4.47. The number of hydrogen-bond donors (Lipinski definition) is 0. The zero-order valence-electron chi connectivity index (χ0n) is 13.2. The van der Waals surface area contributed by atoms with E-state index < -0.39 is 7.60 Å². The van der Waals surface area contributed by atoms with Crippen LogP contribution in [0, 0.1) is 12.7 Å². The molecule has 0 saturated carbocycles. The molecule has 0 aromatic heterocycles. The van der Waals surface area contributed by atoms with Crippen molar-refractivity contribution in [1.29, 1.82) is 0 Å². The molecule has 23 heavy (non-hydrogen) atoms. The Balaban J connectivity index is 2.33. The Labute approximate surface area is 134 Å². The molecule has 0 aliphatic carbocycles. The minimum Gasteiger partial charge on any atom is -0.312 e. The number of carbonyl (C=O) groups excluding carboxylic acids is 1. The van der Waals surface area contributed by atoms with Gasteiger partial charge in [0.1, 0.15) is 12.0 Å². The van der Waals surface area contributed by atoms with Gasteiger partial charge in [-0.25, -0.2) is 4.39 Å². The minimum atomic E-state index is -3.41. The molecule has 0 spiro atoms. The van der Waals surface area contributed by atoms with Gasteiger partial charge in [-0.3, -0.25) is 9.36 Å². The van der Waals surface area contributed by atoms with E-state index in [0.717, 1.165) is 16.7 Å². The van der Waals surface area contributed by atoms with Crippen molar-refractivity contribution in [3.63, 3.8) is 0 Å². The summed E-state index contributed by atoms with van der Waals surface area (Å²) in [5.74, 6) is -0.641. The molecule has 2 rings (SSSR count). The zero-order chi connectivity index (χ0) is 17.0. The number of rotatable bonds is 6. The van der Waals surface area contributed by atoms with E-state index >= 15 is 0 Å². The molecule has 0 fully saturated rings. The van der Waals surface area contributed by atoms with Gasteiger partial charge in [0.2, 0.25) is 0 Å². The lowest BCUT2D eigenvalue weighted by molar-refractivity contribution is 0.101. The number of halogens is 1. The zero-order valence-corrected chi connectivity index (χ0v) is 14.1. The molecule has 0 N–H and O–H groups in total. The Morgan fingerprint density at radius 1 is 1.13 bits per heavy atom. The summed E-state index contributed by atoms with van der Waals surface area (Å²) in [5, 5.41) is 0. The summed E-state index contributed by atoms with van der Waals surface area (Å²) in [5.41, 5.74) is 2.80. The van der Waals surface area contributed by atoms with Crippen molar-refractivity contribution in [2.75, 3.05) is 20.4 Å². The van der Waals surface area contributed by atoms with E-state index in [2.05, 4.69) is 0 Å². The van der Waals surface area contributed by atoms with Crippen molar-refractivity contribution in [2.24, 2.45) is 0 Å². The second-order valence-electron chi connectivity index (χ2n) is 5.10. The number of hydrogen-bond acceptors (Lipinski definition) is 4. The molecular formula is C17H18FO4P. The SMILES string of the molecule is COP(=O)(CC(=O)c1cccc(-c2ccc(F)cc2C)c1)OC. The molecule has 0 bridgehead atoms. The molecule has 0 heterocycles. The highest BCUT2D eigenvalue weighted by atomic mass is 31.2. The van der Waals surface area contributed by atoms with Gasteiger partial charge in [-0.2, -0.15) is 0 Å². The standard InChI is InChI=1S/C17H18FO4P/c1-12-9-15(18)7-8-16(12)13-5-4-6-14(10-13)17(19)11-23(20,21-2)22-3/h4-10H,11H2,1-3H3. The molecule has 4 nitrogen and oxygen atoms in total. The molecule has 0 radical (unpaired) electrons. The van der Waals surface area contributed by atoms with Gasteiger partial charge in [0.05, 0.1) is 0 Å². The summed E-state index contributed by atoms with van der Waals surface area (Å²) >= 11 is 0. The smallest absolute Gasteiger partial charge is 0.312 e. The first kappa shape index (κ1) is 17.5. The van der Waals surface area contributed by atoms with Gasteiger partial charge >= 0.3 is 7.60 Å². The molecule has 0 unspecified atom stereocenters. The Hall–Kier alpha value is -1.81. The molecule has 0 saturated heterocycles. The Bertz CT molecular complexity index is 765. The molecule has 0 aliphatic heterocycles. The van der Waals surface area contributed by atoms with E-state index in [-0.39, 0.29) is 17.8 Å². The number of Topliss-reactive ketones (excluding diaryl/α,β-unsaturated/α-hetero) is 1. The summed E-state index contributed by atoms with van der Waals surface area (Å²) in [6, 6.07) is 11.4. The monoisotopic (exact) mass is 336 g/mol. The molecular weight excluding hydrogens is 318 g/mol. The molecule has 0 aliphatic rings. The molecule has 122 valence electrons. The first-order valence-electron chi connectivity index (χ1n) is 6.99.